The zero-order valence-electron chi connectivity index (χ0n) is 9.04. The quantitative estimate of drug-likeness (QED) is 0.699. The molecule has 1 aromatic rings. The fourth-order valence-electron chi connectivity index (χ4n) is 1.09. The summed E-state index contributed by atoms with van der Waals surface area (Å²) in [6.07, 6.45) is 1.10. The monoisotopic (exact) mass is 228 g/mol. The Bertz CT molecular complexity index is 313. The standard InChI is InChI=1S/C9H16N4OS/c1-3-4-10-5-6-11-9(14)8-7(2)12-13-15-8/h10H,3-6H2,1-2H3,(H,11,14). The van der Waals surface area contributed by atoms with Gasteiger partial charge in [0.05, 0.1) is 5.69 Å². The smallest absolute Gasteiger partial charge is 0.264 e. The molecule has 0 radical (unpaired) electrons. The third kappa shape index (κ3) is 3.93. The molecule has 0 aliphatic carbocycles. The van der Waals surface area contributed by atoms with Crippen LogP contribution in [0.15, 0.2) is 0 Å². The molecule has 0 fully saturated rings. The van der Waals surface area contributed by atoms with E-state index < -0.39 is 0 Å². The molecule has 15 heavy (non-hydrogen) atoms. The van der Waals surface area contributed by atoms with Crippen molar-refractivity contribution in [2.45, 2.75) is 20.3 Å². The number of hydrogen-bond donors (Lipinski definition) is 2. The van der Waals surface area contributed by atoms with E-state index in [9.17, 15) is 4.79 Å². The van der Waals surface area contributed by atoms with E-state index in [2.05, 4.69) is 27.1 Å². The number of nitrogens with zero attached hydrogens (tertiary/aromatic N) is 2. The maximum Gasteiger partial charge on any atom is 0.264 e. The minimum atomic E-state index is -0.0826. The Kier molecular flexibility index (Phi) is 5.20. The summed E-state index contributed by atoms with van der Waals surface area (Å²) in [7, 11) is 0. The van der Waals surface area contributed by atoms with Gasteiger partial charge in [-0.25, -0.2) is 0 Å². The highest BCUT2D eigenvalue weighted by Crippen LogP contribution is 2.07. The largest absolute Gasteiger partial charge is 0.350 e. The number of aromatic nitrogens is 2. The maximum absolute atomic E-state index is 11.6. The van der Waals surface area contributed by atoms with E-state index in [1.807, 2.05) is 0 Å². The summed E-state index contributed by atoms with van der Waals surface area (Å²) in [5.74, 6) is -0.0826. The number of carbonyl (C=O) groups excluding carboxylic acids is 1. The third-order valence-corrected chi connectivity index (χ3v) is 2.70. The third-order valence-electron chi connectivity index (χ3n) is 1.87. The van der Waals surface area contributed by atoms with Gasteiger partial charge in [-0.05, 0) is 31.4 Å². The Hall–Kier alpha value is -1.01. The molecule has 1 heterocycles. The highest BCUT2D eigenvalue weighted by Gasteiger charge is 2.11. The van der Waals surface area contributed by atoms with Crippen LogP contribution in [0.1, 0.15) is 28.7 Å². The van der Waals surface area contributed by atoms with Gasteiger partial charge in [-0.15, -0.1) is 5.10 Å². The molecule has 0 bridgehead atoms. The molecular weight excluding hydrogens is 212 g/mol. The van der Waals surface area contributed by atoms with Crippen LogP contribution in [0.4, 0.5) is 0 Å². The first-order chi connectivity index (χ1) is 7.25. The lowest BCUT2D eigenvalue weighted by molar-refractivity contribution is 0.0957. The van der Waals surface area contributed by atoms with Crippen molar-refractivity contribution in [1.82, 2.24) is 20.2 Å². The summed E-state index contributed by atoms with van der Waals surface area (Å²) >= 11 is 1.13. The number of rotatable bonds is 6. The van der Waals surface area contributed by atoms with Gasteiger partial charge >= 0.3 is 0 Å². The van der Waals surface area contributed by atoms with Crippen molar-refractivity contribution in [3.05, 3.63) is 10.6 Å². The van der Waals surface area contributed by atoms with Crippen LogP contribution >= 0.6 is 11.5 Å². The van der Waals surface area contributed by atoms with E-state index in [-0.39, 0.29) is 5.91 Å². The molecule has 0 saturated heterocycles. The van der Waals surface area contributed by atoms with Crippen LogP contribution < -0.4 is 10.6 Å². The zero-order valence-corrected chi connectivity index (χ0v) is 9.86. The molecule has 0 atom stereocenters. The number of hydrogen-bond acceptors (Lipinski definition) is 5. The van der Waals surface area contributed by atoms with E-state index in [1.165, 1.54) is 0 Å². The van der Waals surface area contributed by atoms with E-state index in [1.54, 1.807) is 6.92 Å². The van der Waals surface area contributed by atoms with Gasteiger partial charge in [0.25, 0.3) is 5.91 Å². The highest BCUT2D eigenvalue weighted by atomic mass is 32.1. The second-order valence-corrected chi connectivity index (χ2v) is 3.95. The van der Waals surface area contributed by atoms with Crippen LogP contribution in [-0.4, -0.2) is 35.1 Å². The fraction of sp³-hybridized carbons (Fsp3) is 0.667. The van der Waals surface area contributed by atoms with Crippen LogP contribution in [0.5, 0.6) is 0 Å². The molecule has 0 spiro atoms. The van der Waals surface area contributed by atoms with Crippen LogP contribution in [0.25, 0.3) is 0 Å². The molecular formula is C9H16N4OS. The van der Waals surface area contributed by atoms with E-state index >= 15 is 0 Å². The van der Waals surface area contributed by atoms with Crippen molar-refractivity contribution in [1.29, 1.82) is 0 Å². The van der Waals surface area contributed by atoms with Crippen molar-refractivity contribution in [3.63, 3.8) is 0 Å². The van der Waals surface area contributed by atoms with Crippen molar-refractivity contribution in [2.24, 2.45) is 0 Å². The van der Waals surface area contributed by atoms with E-state index in [4.69, 9.17) is 0 Å². The van der Waals surface area contributed by atoms with Gasteiger partial charge in [0.15, 0.2) is 0 Å². The lowest BCUT2D eigenvalue weighted by atomic mass is 10.4. The van der Waals surface area contributed by atoms with Crippen molar-refractivity contribution in [2.75, 3.05) is 19.6 Å². The Morgan fingerprint density at radius 2 is 2.20 bits per heavy atom. The zero-order chi connectivity index (χ0) is 11.1. The predicted molar refractivity (Wildman–Crippen MR) is 60.1 cm³/mol. The predicted octanol–water partition coefficient (Wildman–Crippen LogP) is 0.576. The SMILES string of the molecule is CCCNCCNC(=O)c1snnc1C. The Labute approximate surface area is 93.4 Å². The van der Waals surface area contributed by atoms with Gasteiger partial charge in [0, 0.05) is 13.1 Å². The first-order valence-corrected chi connectivity index (χ1v) is 5.81. The lowest BCUT2D eigenvalue weighted by Gasteiger charge is -2.04. The summed E-state index contributed by atoms with van der Waals surface area (Å²) < 4.78 is 3.72. The molecule has 5 nitrogen and oxygen atoms in total. The van der Waals surface area contributed by atoms with Crippen molar-refractivity contribution in [3.8, 4) is 0 Å². The second-order valence-electron chi connectivity index (χ2n) is 3.19. The molecule has 0 aliphatic heterocycles. The molecule has 1 amide bonds. The van der Waals surface area contributed by atoms with Gasteiger partial charge in [0.2, 0.25) is 0 Å². The van der Waals surface area contributed by atoms with Gasteiger partial charge in [-0.3, -0.25) is 4.79 Å². The summed E-state index contributed by atoms with van der Waals surface area (Å²) in [4.78, 5) is 12.2. The van der Waals surface area contributed by atoms with Crippen LogP contribution in [0.3, 0.4) is 0 Å². The Morgan fingerprint density at radius 1 is 1.40 bits per heavy atom. The molecule has 1 rings (SSSR count). The number of amides is 1. The first kappa shape index (κ1) is 12.1. The molecule has 1 aromatic heterocycles. The molecule has 0 unspecified atom stereocenters. The van der Waals surface area contributed by atoms with Gasteiger partial charge < -0.3 is 10.6 Å². The molecule has 6 heteroatoms. The Balaban J connectivity index is 2.22. The summed E-state index contributed by atoms with van der Waals surface area (Å²) in [6, 6.07) is 0. The first-order valence-electron chi connectivity index (χ1n) is 5.03. The van der Waals surface area contributed by atoms with Crippen LogP contribution in [0.2, 0.25) is 0 Å². The molecule has 0 aliphatic rings. The fourth-order valence-corrected chi connectivity index (χ4v) is 1.66. The van der Waals surface area contributed by atoms with Crippen molar-refractivity contribution >= 4 is 17.4 Å². The minimum absolute atomic E-state index is 0.0826. The van der Waals surface area contributed by atoms with Gasteiger partial charge in [-0.1, -0.05) is 11.4 Å². The number of nitrogens with one attached hydrogen (secondary N) is 2. The van der Waals surface area contributed by atoms with Gasteiger partial charge in [-0.2, -0.15) is 0 Å². The summed E-state index contributed by atoms with van der Waals surface area (Å²) in [5, 5.41) is 9.81. The molecule has 2 N–H and O–H groups in total. The second kappa shape index (κ2) is 6.47. The van der Waals surface area contributed by atoms with Gasteiger partial charge in [0.1, 0.15) is 4.88 Å². The highest BCUT2D eigenvalue weighted by molar-refractivity contribution is 7.07. The Morgan fingerprint density at radius 3 is 2.80 bits per heavy atom. The van der Waals surface area contributed by atoms with Crippen molar-refractivity contribution < 1.29 is 4.79 Å². The average molecular weight is 228 g/mol. The summed E-state index contributed by atoms with van der Waals surface area (Å²) in [5.41, 5.74) is 0.694. The number of aryl methyl sites for hydroxylation is 1. The average Bonchev–Trinajstić information content (AvgIpc) is 2.64. The van der Waals surface area contributed by atoms with E-state index in [0.29, 0.717) is 17.1 Å². The van der Waals surface area contributed by atoms with Crippen LogP contribution in [-0.2, 0) is 0 Å². The maximum atomic E-state index is 11.6. The van der Waals surface area contributed by atoms with E-state index in [0.717, 1.165) is 31.0 Å². The summed E-state index contributed by atoms with van der Waals surface area (Å²) in [6.45, 7) is 6.31. The number of carbonyl (C=O) groups is 1. The molecule has 0 saturated carbocycles. The lowest BCUT2D eigenvalue weighted by Crippen LogP contribution is -2.32. The minimum Gasteiger partial charge on any atom is -0.350 e. The molecule has 84 valence electrons. The normalized spacial score (nSPS) is 10.3. The topological polar surface area (TPSA) is 66.9 Å². The molecule has 0 aromatic carbocycles. The van der Waals surface area contributed by atoms with Crippen LogP contribution in [0, 0.1) is 6.92 Å².